The number of piperidine rings is 2. The molecule has 0 aromatic carbocycles. The molecule has 5 nitrogen and oxygen atoms in total. The number of allylic oxidation sites excluding steroid dienone is 1. The van der Waals surface area contributed by atoms with Gasteiger partial charge in [0.25, 0.3) is 0 Å². The summed E-state index contributed by atoms with van der Waals surface area (Å²) in [6.07, 6.45) is 9.64. The molecule has 2 fully saturated rings. The van der Waals surface area contributed by atoms with Crippen LogP contribution < -0.4 is 0 Å². The second kappa shape index (κ2) is 7.81. The normalized spacial score (nSPS) is 20.4. The van der Waals surface area contributed by atoms with Gasteiger partial charge >= 0.3 is 0 Å². The summed E-state index contributed by atoms with van der Waals surface area (Å²) in [5, 5.41) is 0. The highest BCUT2D eigenvalue weighted by Crippen LogP contribution is 2.40. The molecule has 0 N–H and O–H groups in total. The molecular weight excluding hydrogens is 314 g/mol. The van der Waals surface area contributed by atoms with Crippen molar-refractivity contribution in [1.82, 2.24) is 14.8 Å². The average molecular weight is 341 g/mol. The molecule has 25 heavy (non-hydrogen) atoms. The van der Waals surface area contributed by atoms with Crippen LogP contribution in [0.4, 0.5) is 0 Å². The first-order valence-electron chi connectivity index (χ1n) is 9.18. The smallest absolute Gasteiger partial charge is 0.226 e. The van der Waals surface area contributed by atoms with Crippen molar-refractivity contribution in [3.05, 3.63) is 42.2 Å². The number of hydrogen-bond donors (Lipinski definition) is 0. The fourth-order valence-electron chi connectivity index (χ4n) is 3.92. The van der Waals surface area contributed by atoms with Crippen LogP contribution in [0.25, 0.3) is 0 Å². The Hall–Kier alpha value is -2.17. The molecule has 0 bridgehead atoms. The van der Waals surface area contributed by atoms with Crippen molar-refractivity contribution >= 4 is 11.8 Å². The second-order valence-corrected chi connectivity index (χ2v) is 7.22. The van der Waals surface area contributed by atoms with Gasteiger partial charge in [-0.15, -0.1) is 0 Å². The molecule has 3 heterocycles. The molecule has 2 aliphatic rings. The Morgan fingerprint density at radius 3 is 2.76 bits per heavy atom. The Morgan fingerprint density at radius 1 is 1.28 bits per heavy atom. The zero-order valence-electron chi connectivity index (χ0n) is 15.0. The summed E-state index contributed by atoms with van der Waals surface area (Å²) in [7, 11) is 0. The van der Waals surface area contributed by atoms with Crippen molar-refractivity contribution in [2.24, 2.45) is 5.41 Å². The molecule has 0 unspecified atom stereocenters. The fourth-order valence-corrected chi connectivity index (χ4v) is 3.92. The van der Waals surface area contributed by atoms with Crippen LogP contribution in [0, 0.1) is 5.41 Å². The van der Waals surface area contributed by atoms with Crippen molar-refractivity contribution in [3.8, 4) is 0 Å². The number of nitrogens with zero attached hydrogens (tertiary/aromatic N) is 3. The van der Waals surface area contributed by atoms with Crippen LogP contribution in [0.1, 0.15) is 44.7 Å². The Balaban J connectivity index is 1.59. The maximum Gasteiger partial charge on any atom is 0.226 e. The van der Waals surface area contributed by atoms with E-state index in [2.05, 4.69) is 4.98 Å². The summed E-state index contributed by atoms with van der Waals surface area (Å²) < 4.78 is 0. The third kappa shape index (κ3) is 4.27. The van der Waals surface area contributed by atoms with Crippen LogP contribution in [0.5, 0.6) is 0 Å². The van der Waals surface area contributed by atoms with Crippen LogP contribution in [0.3, 0.4) is 0 Å². The highest BCUT2D eigenvalue weighted by atomic mass is 16.2. The number of amides is 2. The summed E-state index contributed by atoms with van der Waals surface area (Å²) in [6, 6.07) is 5.82. The monoisotopic (exact) mass is 341 g/mol. The number of pyridine rings is 1. The van der Waals surface area contributed by atoms with E-state index in [1.54, 1.807) is 6.20 Å². The Kier molecular flexibility index (Phi) is 5.51. The van der Waals surface area contributed by atoms with Crippen molar-refractivity contribution < 1.29 is 9.59 Å². The van der Waals surface area contributed by atoms with E-state index in [4.69, 9.17) is 0 Å². The minimum absolute atomic E-state index is 0.167. The summed E-state index contributed by atoms with van der Waals surface area (Å²) >= 11 is 0. The van der Waals surface area contributed by atoms with Gasteiger partial charge in [0.2, 0.25) is 11.8 Å². The van der Waals surface area contributed by atoms with Crippen LogP contribution in [-0.2, 0) is 16.1 Å². The SMILES string of the molecule is CC=CCC(=O)N1CCC2(CCC(=O)N(Cc3ccccn3)C2)CC1. The van der Waals surface area contributed by atoms with Crippen LogP contribution in [-0.4, -0.2) is 46.2 Å². The van der Waals surface area contributed by atoms with E-state index in [0.717, 1.165) is 44.6 Å². The number of hydrogen-bond acceptors (Lipinski definition) is 3. The Labute approximate surface area is 149 Å². The molecule has 2 amide bonds. The zero-order chi connectivity index (χ0) is 17.7. The van der Waals surface area contributed by atoms with Gasteiger partial charge in [-0.25, -0.2) is 0 Å². The number of aromatic nitrogens is 1. The molecule has 2 saturated heterocycles. The lowest BCUT2D eigenvalue weighted by Crippen LogP contribution is -2.52. The van der Waals surface area contributed by atoms with Gasteiger partial charge in [0.1, 0.15) is 0 Å². The molecule has 0 radical (unpaired) electrons. The zero-order valence-corrected chi connectivity index (χ0v) is 15.0. The number of rotatable bonds is 4. The van der Waals surface area contributed by atoms with E-state index >= 15 is 0 Å². The largest absolute Gasteiger partial charge is 0.342 e. The van der Waals surface area contributed by atoms with Gasteiger partial charge in [0.15, 0.2) is 0 Å². The minimum Gasteiger partial charge on any atom is -0.342 e. The van der Waals surface area contributed by atoms with Crippen molar-refractivity contribution in [1.29, 1.82) is 0 Å². The predicted molar refractivity (Wildman–Crippen MR) is 96.6 cm³/mol. The molecule has 1 aromatic heterocycles. The maximum atomic E-state index is 12.3. The quantitative estimate of drug-likeness (QED) is 0.791. The number of likely N-dealkylation sites (tertiary alicyclic amines) is 2. The molecule has 0 atom stereocenters. The van der Waals surface area contributed by atoms with Crippen molar-refractivity contribution in [3.63, 3.8) is 0 Å². The molecular formula is C20H27N3O2. The number of carbonyl (C=O) groups excluding carboxylic acids is 2. The van der Waals surface area contributed by atoms with E-state index in [0.29, 0.717) is 19.4 Å². The van der Waals surface area contributed by atoms with E-state index in [1.165, 1.54) is 0 Å². The van der Waals surface area contributed by atoms with E-state index in [9.17, 15) is 9.59 Å². The third-order valence-corrected chi connectivity index (χ3v) is 5.53. The van der Waals surface area contributed by atoms with Crippen LogP contribution in [0.2, 0.25) is 0 Å². The van der Waals surface area contributed by atoms with Crippen molar-refractivity contribution in [2.45, 2.75) is 45.6 Å². The molecule has 0 saturated carbocycles. The molecule has 1 aromatic rings. The van der Waals surface area contributed by atoms with Gasteiger partial charge in [-0.2, -0.15) is 0 Å². The first-order chi connectivity index (χ1) is 12.1. The lowest BCUT2D eigenvalue weighted by molar-refractivity contribution is -0.142. The lowest BCUT2D eigenvalue weighted by Gasteiger charge is -2.47. The molecule has 0 aliphatic carbocycles. The molecule has 2 aliphatic heterocycles. The van der Waals surface area contributed by atoms with Gasteiger partial charge in [0, 0.05) is 38.7 Å². The molecule has 5 heteroatoms. The summed E-state index contributed by atoms with van der Waals surface area (Å²) in [4.78, 5) is 32.8. The van der Waals surface area contributed by atoms with Gasteiger partial charge in [-0.3, -0.25) is 14.6 Å². The highest BCUT2D eigenvalue weighted by Gasteiger charge is 2.41. The second-order valence-electron chi connectivity index (χ2n) is 7.22. The van der Waals surface area contributed by atoms with E-state index in [1.807, 2.05) is 47.1 Å². The van der Waals surface area contributed by atoms with Crippen LogP contribution in [0.15, 0.2) is 36.5 Å². The average Bonchev–Trinajstić information content (AvgIpc) is 2.64. The van der Waals surface area contributed by atoms with Crippen LogP contribution >= 0.6 is 0 Å². The van der Waals surface area contributed by atoms with E-state index < -0.39 is 0 Å². The Morgan fingerprint density at radius 2 is 2.08 bits per heavy atom. The summed E-state index contributed by atoms with van der Waals surface area (Å²) in [5.41, 5.74) is 1.10. The van der Waals surface area contributed by atoms with Crippen molar-refractivity contribution in [2.75, 3.05) is 19.6 Å². The minimum atomic E-state index is 0.167. The Bertz CT molecular complexity index is 634. The lowest BCUT2D eigenvalue weighted by atomic mass is 9.72. The fraction of sp³-hybridized carbons (Fsp3) is 0.550. The third-order valence-electron chi connectivity index (χ3n) is 5.53. The predicted octanol–water partition coefficient (Wildman–Crippen LogP) is 2.78. The van der Waals surface area contributed by atoms with Gasteiger partial charge < -0.3 is 9.80 Å². The van der Waals surface area contributed by atoms with Gasteiger partial charge in [-0.1, -0.05) is 18.2 Å². The van der Waals surface area contributed by atoms with E-state index in [-0.39, 0.29) is 17.2 Å². The molecule has 1 spiro atoms. The first-order valence-corrected chi connectivity index (χ1v) is 9.18. The summed E-state index contributed by atoms with van der Waals surface area (Å²) in [5.74, 6) is 0.438. The number of carbonyl (C=O) groups is 2. The van der Waals surface area contributed by atoms with Gasteiger partial charge in [-0.05, 0) is 43.7 Å². The highest BCUT2D eigenvalue weighted by molar-refractivity contribution is 5.78. The molecule has 134 valence electrons. The van der Waals surface area contributed by atoms with Gasteiger partial charge in [0.05, 0.1) is 12.2 Å². The maximum absolute atomic E-state index is 12.3. The topological polar surface area (TPSA) is 53.5 Å². The standard InChI is InChI=1S/C20H27N3O2/c1-2-3-7-18(24)22-13-10-20(11-14-22)9-8-19(25)23(16-20)15-17-6-4-5-12-21-17/h2-6,12H,7-11,13-16H2,1H3. The molecule has 3 rings (SSSR count). The summed E-state index contributed by atoms with van der Waals surface area (Å²) in [6.45, 7) is 4.93. The first kappa shape index (κ1) is 17.6.